The first-order valence-electron chi connectivity index (χ1n) is 12.5. The molecular formula is C28H38N2O2. The SMILES string of the molecule is CC[C@H](Oc1ccc2c(c1)CCCC2)C(=O)N[C@H](C)c1ccc(N2CCC(C)CC2)cc1. The van der Waals surface area contributed by atoms with E-state index in [1.807, 2.05) is 19.9 Å². The molecule has 0 aromatic heterocycles. The van der Waals surface area contributed by atoms with Crippen molar-refractivity contribution in [2.24, 2.45) is 5.92 Å². The molecule has 0 saturated carbocycles. The van der Waals surface area contributed by atoms with Crippen molar-refractivity contribution in [2.45, 2.75) is 77.9 Å². The summed E-state index contributed by atoms with van der Waals surface area (Å²) < 4.78 is 6.12. The molecule has 0 radical (unpaired) electrons. The summed E-state index contributed by atoms with van der Waals surface area (Å²) in [7, 11) is 0. The summed E-state index contributed by atoms with van der Waals surface area (Å²) in [5, 5.41) is 3.16. The lowest BCUT2D eigenvalue weighted by molar-refractivity contribution is -0.128. The second kappa shape index (κ2) is 10.4. The summed E-state index contributed by atoms with van der Waals surface area (Å²) in [4.78, 5) is 15.4. The van der Waals surface area contributed by atoms with E-state index < -0.39 is 6.10 Å². The molecule has 0 spiro atoms. The van der Waals surface area contributed by atoms with Gasteiger partial charge in [0.1, 0.15) is 5.75 Å². The molecule has 1 N–H and O–H groups in total. The molecule has 0 unspecified atom stereocenters. The van der Waals surface area contributed by atoms with Crippen molar-refractivity contribution in [1.29, 1.82) is 0 Å². The lowest BCUT2D eigenvalue weighted by Crippen LogP contribution is -2.39. The average molecular weight is 435 g/mol. The van der Waals surface area contributed by atoms with Crippen molar-refractivity contribution in [3.8, 4) is 5.75 Å². The number of carbonyl (C=O) groups is 1. The van der Waals surface area contributed by atoms with Crippen LogP contribution in [0.15, 0.2) is 42.5 Å². The maximum atomic E-state index is 13.0. The number of anilines is 1. The van der Waals surface area contributed by atoms with Crippen molar-refractivity contribution >= 4 is 11.6 Å². The van der Waals surface area contributed by atoms with E-state index in [9.17, 15) is 4.79 Å². The lowest BCUT2D eigenvalue weighted by atomic mass is 9.92. The van der Waals surface area contributed by atoms with Gasteiger partial charge in [0.15, 0.2) is 6.10 Å². The van der Waals surface area contributed by atoms with Crippen LogP contribution in [0.4, 0.5) is 5.69 Å². The predicted octanol–water partition coefficient (Wildman–Crippen LogP) is 5.84. The maximum Gasteiger partial charge on any atom is 0.261 e. The summed E-state index contributed by atoms with van der Waals surface area (Å²) in [5.74, 6) is 1.59. The third kappa shape index (κ3) is 5.46. The van der Waals surface area contributed by atoms with Gasteiger partial charge in [-0.15, -0.1) is 0 Å². The van der Waals surface area contributed by atoms with Gasteiger partial charge < -0.3 is 15.0 Å². The lowest BCUT2D eigenvalue weighted by Gasteiger charge is -2.32. The van der Waals surface area contributed by atoms with E-state index in [1.165, 1.54) is 42.5 Å². The second-order valence-electron chi connectivity index (χ2n) is 9.64. The second-order valence-corrected chi connectivity index (χ2v) is 9.64. The molecule has 2 aliphatic rings. The molecule has 4 heteroatoms. The third-order valence-electron chi connectivity index (χ3n) is 7.16. The molecule has 32 heavy (non-hydrogen) atoms. The molecule has 1 saturated heterocycles. The van der Waals surface area contributed by atoms with Crippen molar-refractivity contribution in [3.05, 3.63) is 59.2 Å². The number of benzene rings is 2. The predicted molar refractivity (Wildman–Crippen MR) is 131 cm³/mol. The van der Waals surface area contributed by atoms with Crippen LogP contribution in [-0.2, 0) is 17.6 Å². The molecule has 1 amide bonds. The van der Waals surface area contributed by atoms with Gasteiger partial charge in [-0.1, -0.05) is 32.0 Å². The smallest absolute Gasteiger partial charge is 0.261 e. The Balaban J connectivity index is 1.34. The van der Waals surface area contributed by atoms with Crippen LogP contribution in [0.1, 0.15) is 75.6 Å². The highest BCUT2D eigenvalue weighted by Gasteiger charge is 2.22. The minimum Gasteiger partial charge on any atom is -0.481 e. The minimum absolute atomic E-state index is 0.0492. The number of aryl methyl sites for hydroxylation is 2. The van der Waals surface area contributed by atoms with E-state index in [2.05, 4.69) is 53.5 Å². The summed E-state index contributed by atoms with van der Waals surface area (Å²) in [6.45, 7) is 8.64. The van der Waals surface area contributed by atoms with E-state index in [0.29, 0.717) is 6.42 Å². The highest BCUT2D eigenvalue weighted by Crippen LogP contribution is 2.27. The van der Waals surface area contributed by atoms with Gasteiger partial charge in [-0.2, -0.15) is 0 Å². The number of nitrogens with zero attached hydrogens (tertiary/aromatic N) is 1. The van der Waals surface area contributed by atoms with Crippen LogP contribution < -0.4 is 15.0 Å². The van der Waals surface area contributed by atoms with Gasteiger partial charge >= 0.3 is 0 Å². The zero-order chi connectivity index (χ0) is 22.5. The number of piperidine rings is 1. The number of fused-ring (bicyclic) bond motifs is 1. The number of hydrogen-bond donors (Lipinski definition) is 1. The number of rotatable bonds is 7. The van der Waals surface area contributed by atoms with E-state index in [4.69, 9.17) is 4.74 Å². The van der Waals surface area contributed by atoms with Gasteiger partial charge in [-0.25, -0.2) is 0 Å². The number of carbonyl (C=O) groups excluding carboxylic acids is 1. The largest absolute Gasteiger partial charge is 0.481 e. The molecule has 1 aliphatic heterocycles. The van der Waals surface area contributed by atoms with Crippen molar-refractivity contribution in [3.63, 3.8) is 0 Å². The topological polar surface area (TPSA) is 41.6 Å². The Morgan fingerprint density at radius 1 is 1.06 bits per heavy atom. The van der Waals surface area contributed by atoms with Gasteiger partial charge in [-0.05, 0) is 98.7 Å². The fourth-order valence-corrected chi connectivity index (χ4v) is 4.90. The van der Waals surface area contributed by atoms with Crippen LogP contribution in [0.2, 0.25) is 0 Å². The molecule has 1 aliphatic carbocycles. The Labute approximate surface area is 193 Å². The van der Waals surface area contributed by atoms with E-state index in [-0.39, 0.29) is 11.9 Å². The molecule has 2 atom stereocenters. The first-order valence-corrected chi connectivity index (χ1v) is 12.5. The zero-order valence-corrected chi connectivity index (χ0v) is 19.9. The van der Waals surface area contributed by atoms with E-state index >= 15 is 0 Å². The quantitative estimate of drug-likeness (QED) is 0.595. The molecule has 1 heterocycles. The highest BCUT2D eigenvalue weighted by molar-refractivity contribution is 5.81. The number of hydrogen-bond acceptors (Lipinski definition) is 3. The Kier molecular flexibility index (Phi) is 7.39. The standard InChI is InChI=1S/C28H38N2O2/c1-4-27(32-26-14-11-23-7-5-6-8-24(23)19-26)28(31)29-21(3)22-9-12-25(13-10-22)30-17-15-20(2)16-18-30/h9-14,19-21,27H,4-8,15-18H2,1-3H3,(H,29,31)/t21-,27+/m1/s1. The molecule has 4 nitrogen and oxygen atoms in total. The molecule has 1 fully saturated rings. The van der Waals surface area contributed by atoms with Crippen LogP contribution >= 0.6 is 0 Å². The average Bonchev–Trinajstić information content (AvgIpc) is 2.83. The van der Waals surface area contributed by atoms with Gasteiger partial charge in [0.05, 0.1) is 6.04 Å². The van der Waals surface area contributed by atoms with Crippen LogP contribution in [0.5, 0.6) is 5.75 Å². The normalized spacial score (nSPS) is 18.5. The number of amides is 1. The fourth-order valence-electron chi connectivity index (χ4n) is 4.90. The summed E-state index contributed by atoms with van der Waals surface area (Å²) in [5.41, 5.74) is 5.20. The number of ether oxygens (including phenoxy) is 1. The van der Waals surface area contributed by atoms with Crippen LogP contribution in [0.3, 0.4) is 0 Å². The van der Waals surface area contributed by atoms with Gasteiger partial charge in [-0.3, -0.25) is 4.79 Å². The van der Waals surface area contributed by atoms with Gasteiger partial charge in [0, 0.05) is 18.8 Å². The molecule has 0 bridgehead atoms. The van der Waals surface area contributed by atoms with Crippen molar-refractivity contribution in [1.82, 2.24) is 5.32 Å². The Hall–Kier alpha value is -2.49. The van der Waals surface area contributed by atoms with Crippen molar-refractivity contribution < 1.29 is 9.53 Å². The molecular weight excluding hydrogens is 396 g/mol. The first kappa shape index (κ1) is 22.7. The van der Waals surface area contributed by atoms with Gasteiger partial charge in [0.2, 0.25) is 0 Å². The summed E-state index contributed by atoms with van der Waals surface area (Å²) >= 11 is 0. The molecule has 172 valence electrons. The van der Waals surface area contributed by atoms with Crippen molar-refractivity contribution in [2.75, 3.05) is 18.0 Å². The Bertz CT molecular complexity index is 900. The Morgan fingerprint density at radius 3 is 2.44 bits per heavy atom. The fraction of sp³-hybridized carbons (Fsp3) is 0.536. The number of nitrogens with one attached hydrogen (secondary N) is 1. The highest BCUT2D eigenvalue weighted by atomic mass is 16.5. The van der Waals surface area contributed by atoms with Crippen LogP contribution in [0, 0.1) is 5.92 Å². The van der Waals surface area contributed by atoms with Gasteiger partial charge in [0.25, 0.3) is 5.91 Å². The maximum absolute atomic E-state index is 13.0. The molecule has 2 aromatic rings. The first-order chi connectivity index (χ1) is 15.5. The zero-order valence-electron chi connectivity index (χ0n) is 19.9. The summed E-state index contributed by atoms with van der Waals surface area (Å²) in [6, 6.07) is 14.9. The monoisotopic (exact) mass is 434 g/mol. The van der Waals surface area contributed by atoms with Crippen LogP contribution in [0.25, 0.3) is 0 Å². The van der Waals surface area contributed by atoms with E-state index in [0.717, 1.165) is 43.2 Å². The molecule has 2 aromatic carbocycles. The summed E-state index contributed by atoms with van der Waals surface area (Å²) in [6.07, 6.45) is 7.45. The Morgan fingerprint density at radius 2 is 1.75 bits per heavy atom. The third-order valence-corrected chi connectivity index (χ3v) is 7.16. The van der Waals surface area contributed by atoms with E-state index in [1.54, 1.807) is 0 Å². The van der Waals surface area contributed by atoms with Crippen LogP contribution in [-0.4, -0.2) is 25.1 Å². The minimum atomic E-state index is -0.478. The molecule has 4 rings (SSSR count).